The molecule has 0 heterocycles. The number of rotatable bonds is 7. The van der Waals surface area contributed by atoms with E-state index in [0.717, 1.165) is 32.2 Å². The standard InChI is InChI=1S/C16H24N2O/c17-12-16(10-5-11-16)13-18-15(19)9-4-8-14-6-2-1-3-7-14/h1-3,6-7H,4-5,8-13,17H2,(H,18,19). The second kappa shape index (κ2) is 6.71. The SMILES string of the molecule is NCC1(CNC(=O)CCCc2ccccc2)CCC1. The van der Waals surface area contributed by atoms with Gasteiger partial charge in [-0.3, -0.25) is 4.79 Å². The fraction of sp³-hybridized carbons (Fsp3) is 0.562. The number of aryl methyl sites for hydroxylation is 1. The molecule has 1 saturated carbocycles. The number of benzene rings is 1. The molecule has 0 aliphatic heterocycles. The molecule has 1 aliphatic carbocycles. The lowest BCUT2D eigenvalue weighted by Gasteiger charge is -2.41. The molecular formula is C16H24N2O. The van der Waals surface area contributed by atoms with E-state index >= 15 is 0 Å². The molecule has 0 spiro atoms. The molecule has 0 saturated heterocycles. The molecule has 0 unspecified atom stereocenters. The van der Waals surface area contributed by atoms with Gasteiger partial charge in [-0.2, -0.15) is 0 Å². The average molecular weight is 260 g/mol. The molecule has 1 aromatic rings. The molecular weight excluding hydrogens is 236 g/mol. The molecule has 3 nitrogen and oxygen atoms in total. The minimum atomic E-state index is 0.163. The van der Waals surface area contributed by atoms with E-state index in [4.69, 9.17) is 5.73 Å². The van der Waals surface area contributed by atoms with Crippen LogP contribution in [0.25, 0.3) is 0 Å². The molecule has 1 amide bonds. The first-order valence-corrected chi connectivity index (χ1v) is 7.25. The fourth-order valence-electron chi connectivity index (χ4n) is 2.60. The third-order valence-corrected chi connectivity index (χ3v) is 4.22. The van der Waals surface area contributed by atoms with E-state index in [0.29, 0.717) is 13.0 Å². The van der Waals surface area contributed by atoms with Gasteiger partial charge in [-0.05, 0) is 43.2 Å². The van der Waals surface area contributed by atoms with Crippen LogP contribution in [0.3, 0.4) is 0 Å². The van der Waals surface area contributed by atoms with Gasteiger partial charge in [0.2, 0.25) is 5.91 Å². The van der Waals surface area contributed by atoms with Crippen molar-refractivity contribution in [3.63, 3.8) is 0 Å². The number of hydrogen-bond acceptors (Lipinski definition) is 2. The van der Waals surface area contributed by atoms with Gasteiger partial charge in [0, 0.05) is 13.0 Å². The topological polar surface area (TPSA) is 55.1 Å². The number of hydrogen-bond donors (Lipinski definition) is 2. The third kappa shape index (κ3) is 4.06. The van der Waals surface area contributed by atoms with Crippen molar-refractivity contribution in [3.05, 3.63) is 35.9 Å². The van der Waals surface area contributed by atoms with Crippen molar-refractivity contribution in [2.45, 2.75) is 38.5 Å². The van der Waals surface area contributed by atoms with Crippen LogP contribution in [0, 0.1) is 5.41 Å². The summed E-state index contributed by atoms with van der Waals surface area (Å²) >= 11 is 0. The van der Waals surface area contributed by atoms with Crippen molar-refractivity contribution in [2.75, 3.05) is 13.1 Å². The van der Waals surface area contributed by atoms with Crippen LogP contribution >= 0.6 is 0 Å². The largest absolute Gasteiger partial charge is 0.355 e. The van der Waals surface area contributed by atoms with Gasteiger partial charge in [0.25, 0.3) is 0 Å². The van der Waals surface area contributed by atoms with Crippen LogP contribution in [0.1, 0.15) is 37.7 Å². The van der Waals surface area contributed by atoms with Crippen LogP contribution < -0.4 is 11.1 Å². The number of carbonyl (C=O) groups excluding carboxylic acids is 1. The quantitative estimate of drug-likeness (QED) is 0.790. The first-order chi connectivity index (χ1) is 9.24. The maximum atomic E-state index is 11.8. The molecule has 0 aromatic heterocycles. The van der Waals surface area contributed by atoms with Crippen LogP contribution in [-0.2, 0) is 11.2 Å². The van der Waals surface area contributed by atoms with Crippen LogP contribution in [0.5, 0.6) is 0 Å². The Kier molecular flexibility index (Phi) is 4.97. The minimum Gasteiger partial charge on any atom is -0.355 e. The van der Waals surface area contributed by atoms with Gasteiger partial charge in [-0.15, -0.1) is 0 Å². The van der Waals surface area contributed by atoms with Crippen molar-refractivity contribution in [2.24, 2.45) is 11.1 Å². The number of nitrogens with two attached hydrogens (primary N) is 1. The molecule has 0 bridgehead atoms. The first kappa shape index (κ1) is 14.1. The highest BCUT2D eigenvalue weighted by atomic mass is 16.1. The van der Waals surface area contributed by atoms with Crippen LogP contribution in [0.15, 0.2) is 30.3 Å². The third-order valence-electron chi connectivity index (χ3n) is 4.22. The van der Waals surface area contributed by atoms with E-state index in [1.54, 1.807) is 0 Å². The zero-order valence-corrected chi connectivity index (χ0v) is 11.5. The molecule has 3 heteroatoms. The second-order valence-corrected chi connectivity index (χ2v) is 5.67. The Morgan fingerprint density at radius 3 is 2.58 bits per heavy atom. The fourth-order valence-corrected chi connectivity index (χ4v) is 2.60. The number of amides is 1. The van der Waals surface area contributed by atoms with Gasteiger partial charge in [-0.25, -0.2) is 0 Å². The van der Waals surface area contributed by atoms with E-state index in [2.05, 4.69) is 17.4 Å². The predicted molar refractivity (Wildman–Crippen MR) is 77.7 cm³/mol. The summed E-state index contributed by atoms with van der Waals surface area (Å²) in [6.07, 6.45) is 6.06. The van der Waals surface area contributed by atoms with Gasteiger partial charge in [-0.1, -0.05) is 36.8 Å². The Morgan fingerprint density at radius 1 is 1.26 bits per heavy atom. The summed E-state index contributed by atoms with van der Waals surface area (Å²) in [6.45, 7) is 1.45. The molecule has 1 fully saturated rings. The van der Waals surface area contributed by atoms with E-state index in [1.807, 2.05) is 18.2 Å². The lowest BCUT2D eigenvalue weighted by Crippen LogP contribution is -2.46. The van der Waals surface area contributed by atoms with Gasteiger partial charge < -0.3 is 11.1 Å². The monoisotopic (exact) mass is 260 g/mol. The van der Waals surface area contributed by atoms with E-state index in [-0.39, 0.29) is 11.3 Å². The molecule has 0 atom stereocenters. The van der Waals surface area contributed by atoms with Gasteiger partial charge in [0.15, 0.2) is 0 Å². The highest BCUT2D eigenvalue weighted by Gasteiger charge is 2.35. The lowest BCUT2D eigenvalue weighted by atomic mass is 9.69. The van der Waals surface area contributed by atoms with Crippen molar-refractivity contribution in [1.29, 1.82) is 0 Å². The van der Waals surface area contributed by atoms with E-state index in [1.165, 1.54) is 12.0 Å². The molecule has 2 rings (SSSR count). The minimum absolute atomic E-state index is 0.163. The van der Waals surface area contributed by atoms with Crippen molar-refractivity contribution in [1.82, 2.24) is 5.32 Å². The van der Waals surface area contributed by atoms with Gasteiger partial charge in [0.05, 0.1) is 0 Å². The summed E-state index contributed by atoms with van der Waals surface area (Å²) < 4.78 is 0. The summed E-state index contributed by atoms with van der Waals surface area (Å²) in [7, 11) is 0. The average Bonchev–Trinajstić information content (AvgIpc) is 2.39. The summed E-state index contributed by atoms with van der Waals surface area (Å²) in [5.74, 6) is 0.163. The van der Waals surface area contributed by atoms with Crippen LogP contribution in [-0.4, -0.2) is 19.0 Å². The number of nitrogens with one attached hydrogen (secondary N) is 1. The van der Waals surface area contributed by atoms with Gasteiger partial charge >= 0.3 is 0 Å². The zero-order chi connectivity index (χ0) is 13.6. The predicted octanol–water partition coefficient (Wildman–Crippen LogP) is 2.25. The van der Waals surface area contributed by atoms with Crippen molar-refractivity contribution < 1.29 is 4.79 Å². The summed E-state index contributed by atoms with van der Waals surface area (Å²) in [4.78, 5) is 11.8. The Labute approximate surface area is 115 Å². The van der Waals surface area contributed by atoms with Crippen molar-refractivity contribution >= 4 is 5.91 Å². The Morgan fingerprint density at radius 2 is 2.00 bits per heavy atom. The maximum absolute atomic E-state index is 11.8. The smallest absolute Gasteiger partial charge is 0.220 e. The molecule has 3 N–H and O–H groups in total. The highest BCUT2D eigenvalue weighted by Crippen LogP contribution is 2.39. The maximum Gasteiger partial charge on any atom is 0.220 e. The molecule has 1 aliphatic rings. The number of carbonyl (C=O) groups is 1. The van der Waals surface area contributed by atoms with Crippen LogP contribution in [0.2, 0.25) is 0 Å². The summed E-state index contributed by atoms with van der Waals surface area (Å²) in [5, 5.41) is 3.04. The summed E-state index contributed by atoms with van der Waals surface area (Å²) in [5.41, 5.74) is 7.28. The first-order valence-electron chi connectivity index (χ1n) is 7.25. The lowest BCUT2D eigenvalue weighted by molar-refractivity contribution is -0.122. The molecule has 104 valence electrons. The van der Waals surface area contributed by atoms with E-state index < -0.39 is 0 Å². The second-order valence-electron chi connectivity index (χ2n) is 5.67. The molecule has 1 aromatic carbocycles. The molecule has 0 radical (unpaired) electrons. The zero-order valence-electron chi connectivity index (χ0n) is 11.5. The highest BCUT2D eigenvalue weighted by molar-refractivity contribution is 5.75. The van der Waals surface area contributed by atoms with Crippen molar-refractivity contribution in [3.8, 4) is 0 Å². The normalized spacial score (nSPS) is 16.7. The molecule has 19 heavy (non-hydrogen) atoms. The Hall–Kier alpha value is -1.35. The van der Waals surface area contributed by atoms with E-state index in [9.17, 15) is 4.79 Å². The Balaban J connectivity index is 1.62. The van der Waals surface area contributed by atoms with Gasteiger partial charge in [0.1, 0.15) is 0 Å². The Bertz CT molecular complexity index is 393. The summed E-state index contributed by atoms with van der Waals surface area (Å²) in [6, 6.07) is 10.3. The van der Waals surface area contributed by atoms with Crippen LogP contribution in [0.4, 0.5) is 0 Å².